The average molecular weight is 433 g/mol. The molecular weight excluding hydrogens is 402 g/mol. The van der Waals surface area contributed by atoms with Crippen LogP contribution in [0.4, 0.5) is 5.69 Å². The molecule has 0 aromatic heterocycles. The Morgan fingerprint density at radius 3 is 2.40 bits per heavy atom. The number of likely N-dealkylation sites (tertiary alicyclic amines) is 1. The summed E-state index contributed by atoms with van der Waals surface area (Å²) in [4.78, 5) is 13.5. The van der Waals surface area contributed by atoms with Gasteiger partial charge in [-0.3, -0.25) is 0 Å². The van der Waals surface area contributed by atoms with E-state index in [4.69, 9.17) is 4.74 Å². The Kier molecular flexibility index (Phi) is 6.90. The third-order valence-corrected chi connectivity index (χ3v) is 7.53. The van der Waals surface area contributed by atoms with Gasteiger partial charge in [-0.05, 0) is 62.7 Å². The number of aryl methyl sites for hydroxylation is 2. The zero-order valence-corrected chi connectivity index (χ0v) is 18.8. The molecule has 1 aliphatic rings. The molecule has 8 heteroatoms. The summed E-state index contributed by atoms with van der Waals surface area (Å²) in [5.41, 5.74) is 2.22. The van der Waals surface area contributed by atoms with Crippen LogP contribution in [0.1, 0.15) is 31.4 Å². The quantitative estimate of drug-likeness (QED) is 0.694. The number of likely N-dealkylation sites (N-methyl/N-ethyl adjacent to an activating group) is 2. The molecule has 1 aliphatic heterocycles. The van der Waals surface area contributed by atoms with Crippen LogP contribution in [0.5, 0.6) is 11.5 Å². The fourth-order valence-electron chi connectivity index (χ4n) is 4.06. The van der Waals surface area contributed by atoms with Crippen LogP contribution in [-0.4, -0.2) is 49.8 Å². The molecule has 2 aromatic carbocycles. The standard InChI is InChI=1S/C22H29N3O4S/c1-5-24-10-9-19(15-24)25(6-2)30(27,28)22-14-18(23-26)7-8-21(22)29-20-12-16(3)11-17(4)13-20/h7-8,11-14,19H,5-6,9-10,15H2,1-4H3/p+1. The Balaban J connectivity index is 2.02. The summed E-state index contributed by atoms with van der Waals surface area (Å²) in [6.07, 6.45) is 0.785. The minimum atomic E-state index is -3.87. The van der Waals surface area contributed by atoms with E-state index in [-0.39, 0.29) is 22.4 Å². The molecule has 0 saturated carbocycles. The average Bonchev–Trinajstić information content (AvgIpc) is 3.16. The summed E-state index contributed by atoms with van der Waals surface area (Å²) in [6.45, 7) is 10.7. The third-order valence-electron chi connectivity index (χ3n) is 5.48. The van der Waals surface area contributed by atoms with E-state index >= 15 is 0 Å². The van der Waals surface area contributed by atoms with Gasteiger partial charge in [0.05, 0.1) is 0 Å². The van der Waals surface area contributed by atoms with E-state index in [2.05, 4.69) is 11.8 Å². The molecule has 0 radical (unpaired) electrons. The number of hydrogen-bond donors (Lipinski definition) is 1. The van der Waals surface area contributed by atoms with E-state index in [1.807, 2.05) is 39.0 Å². The van der Waals surface area contributed by atoms with E-state index in [9.17, 15) is 13.3 Å². The normalized spacial score (nSPS) is 17.4. The molecule has 1 atom stereocenters. The van der Waals surface area contributed by atoms with E-state index in [1.54, 1.807) is 5.18 Å². The Bertz CT molecular complexity index is 1000. The van der Waals surface area contributed by atoms with Crippen LogP contribution in [0.3, 0.4) is 0 Å². The Hall–Kier alpha value is -2.29. The summed E-state index contributed by atoms with van der Waals surface area (Å²) in [5.74, 6) is 0.774. The predicted octanol–water partition coefficient (Wildman–Crippen LogP) is 2.68. The molecule has 0 amide bonds. The first-order valence-corrected chi connectivity index (χ1v) is 11.7. The van der Waals surface area contributed by atoms with Crippen LogP contribution in [-0.2, 0) is 10.0 Å². The van der Waals surface area contributed by atoms with E-state index < -0.39 is 10.0 Å². The smallest absolute Gasteiger partial charge is 0.254 e. The van der Waals surface area contributed by atoms with Gasteiger partial charge in [0.1, 0.15) is 16.4 Å². The molecule has 1 saturated heterocycles. The highest BCUT2D eigenvalue weighted by molar-refractivity contribution is 7.89. The number of sulfonamides is 1. The molecule has 3 rings (SSSR count). The van der Waals surface area contributed by atoms with Gasteiger partial charge in [0.15, 0.2) is 0 Å². The van der Waals surface area contributed by atoms with E-state index in [0.717, 1.165) is 30.6 Å². The molecule has 1 fully saturated rings. The van der Waals surface area contributed by atoms with Crippen LogP contribution < -0.4 is 9.91 Å². The molecule has 0 aliphatic carbocycles. The molecule has 1 N–H and O–H groups in total. The van der Waals surface area contributed by atoms with Gasteiger partial charge in [-0.1, -0.05) is 19.9 Å². The molecule has 2 aromatic rings. The number of benzene rings is 2. The number of ether oxygens (including phenoxy) is 1. The molecular formula is C22H30N3O4S+. The zero-order valence-electron chi connectivity index (χ0n) is 18.0. The number of nitrogens with one attached hydrogen (secondary N) is 1. The van der Waals surface area contributed by atoms with Crippen molar-refractivity contribution in [2.45, 2.75) is 45.1 Å². The first-order chi connectivity index (χ1) is 14.3. The maximum Gasteiger partial charge on any atom is 0.254 e. The SMILES string of the molecule is CCN1CCC(N(CC)S(=O)(=O)c2cc([NH+]=O)ccc2Oc2cc(C)cc(C)c2)C1. The molecule has 1 unspecified atom stereocenters. The van der Waals surface area contributed by atoms with Gasteiger partial charge in [-0.2, -0.15) is 4.31 Å². The zero-order chi connectivity index (χ0) is 21.9. The third kappa shape index (κ3) is 4.71. The largest absolute Gasteiger partial charge is 0.456 e. The molecule has 0 spiro atoms. The van der Waals surface area contributed by atoms with Crippen molar-refractivity contribution in [2.75, 3.05) is 26.2 Å². The highest BCUT2D eigenvalue weighted by Gasteiger charge is 2.36. The Morgan fingerprint density at radius 1 is 1.13 bits per heavy atom. The summed E-state index contributed by atoms with van der Waals surface area (Å²) >= 11 is 0. The van der Waals surface area contributed by atoms with Crippen LogP contribution in [0.25, 0.3) is 0 Å². The predicted molar refractivity (Wildman–Crippen MR) is 117 cm³/mol. The summed E-state index contributed by atoms with van der Waals surface area (Å²) in [6, 6.07) is 10.1. The van der Waals surface area contributed by atoms with E-state index in [1.165, 1.54) is 22.5 Å². The Labute approximate surface area is 178 Å². The highest BCUT2D eigenvalue weighted by Crippen LogP contribution is 2.34. The van der Waals surface area contributed by atoms with Crippen LogP contribution in [0.15, 0.2) is 41.3 Å². The van der Waals surface area contributed by atoms with Crippen molar-refractivity contribution in [1.82, 2.24) is 9.21 Å². The molecule has 0 bridgehead atoms. The Morgan fingerprint density at radius 2 is 1.83 bits per heavy atom. The van der Waals surface area contributed by atoms with Gasteiger partial charge in [0, 0.05) is 41.3 Å². The maximum absolute atomic E-state index is 13.7. The van der Waals surface area contributed by atoms with Gasteiger partial charge in [0.2, 0.25) is 10.0 Å². The highest BCUT2D eigenvalue weighted by atomic mass is 32.2. The second kappa shape index (κ2) is 9.24. The number of nitroso groups, excluding NO2 is 1. The molecule has 30 heavy (non-hydrogen) atoms. The van der Waals surface area contributed by atoms with Crippen molar-refractivity contribution in [1.29, 1.82) is 0 Å². The molecule has 1 heterocycles. The second-order valence-corrected chi connectivity index (χ2v) is 9.59. The monoisotopic (exact) mass is 432 g/mol. The minimum Gasteiger partial charge on any atom is -0.456 e. The first-order valence-electron chi connectivity index (χ1n) is 10.3. The van der Waals surface area contributed by atoms with Crippen molar-refractivity contribution in [2.24, 2.45) is 0 Å². The lowest BCUT2D eigenvalue weighted by molar-refractivity contribution is -0.379. The topological polar surface area (TPSA) is 80.9 Å². The van der Waals surface area contributed by atoms with Gasteiger partial charge in [0.25, 0.3) is 5.69 Å². The first kappa shape index (κ1) is 22.4. The lowest BCUT2D eigenvalue weighted by atomic mass is 10.1. The summed E-state index contributed by atoms with van der Waals surface area (Å²) in [5, 5.41) is 1.79. The fraction of sp³-hybridized carbons (Fsp3) is 0.455. The van der Waals surface area contributed by atoms with Gasteiger partial charge >= 0.3 is 0 Å². The molecule has 7 nitrogen and oxygen atoms in total. The van der Waals surface area contributed by atoms with Gasteiger partial charge in [-0.15, -0.1) is 0 Å². The van der Waals surface area contributed by atoms with Crippen LogP contribution in [0.2, 0.25) is 0 Å². The second-order valence-electron chi connectivity index (χ2n) is 7.73. The lowest BCUT2D eigenvalue weighted by Crippen LogP contribution is -2.55. The summed E-state index contributed by atoms with van der Waals surface area (Å²) < 4.78 is 34.9. The van der Waals surface area contributed by atoms with Crippen molar-refractivity contribution in [3.8, 4) is 11.5 Å². The van der Waals surface area contributed by atoms with Crippen LogP contribution >= 0.6 is 0 Å². The number of nitrogens with zero attached hydrogens (tertiary/aromatic N) is 2. The minimum absolute atomic E-state index is 0.000641. The van der Waals surface area contributed by atoms with Gasteiger partial charge < -0.3 is 9.64 Å². The number of rotatable bonds is 8. The van der Waals surface area contributed by atoms with Crippen molar-refractivity contribution in [3.63, 3.8) is 0 Å². The van der Waals surface area contributed by atoms with Crippen molar-refractivity contribution < 1.29 is 18.3 Å². The molecule has 162 valence electrons. The van der Waals surface area contributed by atoms with Crippen LogP contribution in [0, 0.1) is 18.8 Å². The van der Waals surface area contributed by atoms with Crippen molar-refractivity contribution in [3.05, 3.63) is 52.4 Å². The fourth-order valence-corrected chi connectivity index (χ4v) is 5.86. The van der Waals surface area contributed by atoms with Gasteiger partial charge in [-0.25, -0.2) is 8.42 Å². The van der Waals surface area contributed by atoms with E-state index in [0.29, 0.717) is 18.8 Å². The maximum atomic E-state index is 13.7. The number of hydrogen-bond acceptors (Lipinski definition) is 5. The van der Waals surface area contributed by atoms with Crippen molar-refractivity contribution >= 4 is 15.7 Å². The summed E-state index contributed by atoms with van der Waals surface area (Å²) in [7, 11) is -3.87. The lowest BCUT2D eigenvalue weighted by Gasteiger charge is -2.27.